The van der Waals surface area contributed by atoms with E-state index in [1.165, 1.54) is 11.8 Å². The highest BCUT2D eigenvalue weighted by Crippen LogP contribution is 2.41. The highest BCUT2D eigenvalue weighted by atomic mass is 35.5. The van der Waals surface area contributed by atoms with Gasteiger partial charge in [-0.1, -0.05) is 77.8 Å². The van der Waals surface area contributed by atoms with E-state index in [1.54, 1.807) is 24.3 Å². The lowest BCUT2D eigenvalue weighted by molar-refractivity contribution is -0.114. The van der Waals surface area contributed by atoms with E-state index in [2.05, 4.69) is 21.9 Å². The van der Waals surface area contributed by atoms with Gasteiger partial charge in [0.15, 0.2) is 0 Å². The quantitative estimate of drug-likeness (QED) is 0.331. The van der Waals surface area contributed by atoms with Crippen molar-refractivity contribution in [3.8, 4) is 12.3 Å². The molecule has 1 heterocycles. The molecule has 1 aliphatic heterocycles. The molecule has 1 atom stereocenters. The van der Waals surface area contributed by atoms with Crippen LogP contribution in [0.5, 0.6) is 0 Å². The van der Waals surface area contributed by atoms with E-state index in [-0.39, 0.29) is 17.6 Å². The van der Waals surface area contributed by atoms with Crippen LogP contribution < -0.4 is 16.0 Å². The maximum Gasteiger partial charge on any atom is 0.254 e. The smallest absolute Gasteiger partial charge is 0.254 e. The van der Waals surface area contributed by atoms with Crippen molar-refractivity contribution >= 4 is 46.6 Å². The Morgan fingerprint density at radius 1 is 0.944 bits per heavy atom. The lowest BCUT2D eigenvalue weighted by Crippen LogP contribution is -2.31. The molecule has 3 N–H and O–H groups in total. The summed E-state index contributed by atoms with van der Waals surface area (Å²) in [6, 6.07) is 25.8. The Morgan fingerprint density at radius 2 is 1.56 bits per heavy atom. The van der Waals surface area contributed by atoms with E-state index in [4.69, 9.17) is 18.0 Å². The topological polar surface area (TPSA) is 70.2 Å². The molecule has 3 aromatic rings. The summed E-state index contributed by atoms with van der Waals surface area (Å²) >= 11 is 7.30. The van der Waals surface area contributed by atoms with Gasteiger partial charge in [-0.25, -0.2) is 0 Å². The number of carbonyl (C=O) groups excluding carboxylic acids is 2. The standard InChI is InChI=1S/C29H24ClN3O2S/c1-3-24-27(20-10-6-4-7-11-20)26(28(35)33-23-16-14-21(30)15-17-23)19(2)31-29(24)36-18-25(34)32-22-12-8-5-9-13-22/h1,4-17,27,31H,18H2,2H3,(H,32,34)(H,33,35). The fourth-order valence-electron chi connectivity index (χ4n) is 3.93. The van der Waals surface area contributed by atoms with Gasteiger partial charge in [-0.15, -0.1) is 6.42 Å². The number of thioether (sulfide) groups is 1. The Morgan fingerprint density at radius 3 is 2.19 bits per heavy atom. The van der Waals surface area contributed by atoms with E-state index < -0.39 is 5.92 Å². The van der Waals surface area contributed by atoms with Crippen molar-refractivity contribution in [1.82, 2.24) is 5.32 Å². The molecule has 7 heteroatoms. The summed E-state index contributed by atoms with van der Waals surface area (Å²) in [5.41, 5.74) is 4.03. The second-order valence-electron chi connectivity index (χ2n) is 8.06. The van der Waals surface area contributed by atoms with Crippen LogP contribution in [0.25, 0.3) is 0 Å². The summed E-state index contributed by atoms with van der Waals surface area (Å²) < 4.78 is 0. The molecule has 36 heavy (non-hydrogen) atoms. The molecule has 0 saturated heterocycles. The molecule has 0 spiro atoms. The number of hydrogen-bond acceptors (Lipinski definition) is 4. The first-order valence-electron chi connectivity index (χ1n) is 11.2. The number of anilines is 2. The number of dihydropyridines is 1. The Balaban J connectivity index is 1.61. The highest BCUT2D eigenvalue weighted by Gasteiger charge is 2.34. The summed E-state index contributed by atoms with van der Waals surface area (Å²) in [5.74, 6) is 2.05. The lowest BCUT2D eigenvalue weighted by atomic mass is 9.82. The number of para-hydroxylation sites is 1. The van der Waals surface area contributed by atoms with Crippen LogP contribution in [0.3, 0.4) is 0 Å². The number of amides is 2. The van der Waals surface area contributed by atoms with Gasteiger partial charge in [0.25, 0.3) is 5.91 Å². The van der Waals surface area contributed by atoms with Crippen molar-refractivity contribution < 1.29 is 9.59 Å². The number of nitrogens with one attached hydrogen (secondary N) is 3. The lowest BCUT2D eigenvalue weighted by Gasteiger charge is -2.30. The number of halogens is 1. The number of terminal acetylenes is 1. The monoisotopic (exact) mass is 513 g/mol. The maximum absolute atomic E-state index is 13.5. The molecule has 1 unspecified atom stereocenters. The third-order valence-electron chi connectivity index (χ3n) is 5.57. The van der Waals surface area contributed by atoms with Gasteiger partial charge in [-0.05, 0) is 48.9 Å². The van der Waals surface area contributed by atoms with Gasteiger partial charge < -0.3 is 16.0 Å². The van der Waals surface area contributed by atoms with Crippen LogP contribution in [-0.4, -0.2) is 17.6 Å². The van der Waals surface area contributed by atoms with Gasteiger partial charge in [-0.3, -0.25) is 9.59 Å². The van der Waals surface area contributed by atoms with Crippen molar-refractivity contribution in [3.63, 3.8) is 0 Å². The summed E-state index contributed by atoms with van der Waals surface area (Å²) in [5, 5.41) is 10.4. The first kappa shape index (κ1) is 25.2. The molecule has 0 aromatic heterocycles. The Bertz CT molecular complexity index is 1360. The zero-order valence-corrected chi connectivity index (χ0v) is 21.1. The van der Waals surface area contributed by atoms with Crippen molar-refractivity contribution in [2.45, 2.75) is 12.8 Å². The van der Waals surface area contributed by atoms with Crippen molar-refractivity contribution in [2.24, 2.45) is 0 Å². The van der Waals surface area contributed by atoms with E-state index in [1.807, 2.05) is 67.6 Å². The zero-order valence-electron chi connectivity index (χ0n) is 19.5. The number of allylic oxidation sites excluding steroid dienone is 2. The normalized spacial score (nSPS) is 15.1. The third-order valence-corrected chi connectivity index (χ3v) is 6.84. The van der Waals surface area contributed by atoms with Crippen LogP contribution in [0, 0.1) is 12.3 Å². The molecule has 0 radical (unpaired) electrons. The number of carbonyl (C=O) groups is 2. The SMILES string of the molecule is C#CC1=C(SCC(=O)Nc2ccccc2)NC(C)=C(C(=O)Nc2ccc(Cl)cc2)C1c1ccccc1. The maximum atomic E-state index is 13.5. The second-order valence-corrected chi connectivity index (χ2v) is 9.48. The fraction of sp³-hybridized carbons (Fsp3) is 0.103. The Labute approximate surface area is 220 Å². The Kier molecular flexibility index (Phi) is 8.17. The van der Waals surface area contributed by atoms with Crippen LogP contribution in [0.1, 0.15) is 18.4 Å². The minimum atomic E-state index is -0.468. The van der Waals surface area contributed by atoms with Gasteiger partial charge in [0.05, 0.1) is 16.7 Å². The average molecular weight is 514 g/mol. The van der Waals surface area contributed by atoms with Crippen LogP contribution in [0.15, 0.2) is 107 Å². The largest absolute Gasteiger partial charge is 0.353 e. The first-order chi connectivity index (χ1) is 17.5. The molecular weight excluding hydrogens is 490 g/mol. The summed E-state index contributed by atoms with van der Waals surface area (Å²) in [6.07, 6.45) is 6.00. The number of hydrogen-bond donors (Lipinski definition) is 3. The van der Waals surface area contributed by atoms with Crippen molar-refractivity contribution in [2.75, 3.05) is 16.4 Å². The van der Waals surface area contributed by atoms with E-state index in [9.17, 15) is 9.59 Å². The molecule has 1 aliphatic rings. The van der Waals surface area contributed by atoms with E-state index >= 15 is 0 Å². The molecule has 0 aliphatic carbocycles. The summed E-state index contributed by atoms with van der Waals surface area (Å²) in [6.45, 7) is 1.84. The van der Waals surface area contributed by atoms with Gasteiger partial charge in [0.2, 0.25) is 5.91 Å². The van der Waals surface area contributed by atoms with Gasteiger partial charge in [0.1, 0.15) is 0 Å². The second kappa shape index (κ2) is 11.7. The molecule has 3 aromatic carbocycles. The molecule has 2 amide bonds. The molecular formula is C29H24ClN3O2S. The van der Waals surface area contributed by atoms with Gasteiger partial charge in [0, 0.05) is 33.2 Å². The molecule has 0 saturated carbocycles. The van der Waals surface area contributed by atoms with Crippen molar-refractivity contribution in [3.05, 3.63) is 117 Å². The minimum absolute atomic E-state index is 0.152. The minimum Gasteiger partial charge on any atom is -0.353 e. The predicted molar refractivity (Wildman–Crippen MR) is 148 cm³/mol. The zero-order chi connectivity index (χ0) is 25.5. The van der Waals surface area contributed by atoms with Gasteiger partial charge >= 0.3 is 0 Å². The average Bonchev–Trinajstić information content (AvgIpc) is 2.89. The van der Waals surface area contributed by atoms with E-state index in [0.29, 0.717) is 32.6 Å². The van der Waals surface area contributed by atoms with Crippen molar-refractivity contribution in [1.29, 1.82) is 0 Å². The Hall–Kier alpha value is -3.92. The van der Waals surface area contributed by atoms with E-state index in [0.717, 1.165) is 11.3 Å². The molecule has 5 nitrogen and oxygen atoms in total. The highest BCUT2D eigenvalue weighted by molar-refractivity contribution is 8.03. The summed E-state index contributed by atoms with van der Waals surface area (Å²) in [7, 11) is 0. The van der Waals surface area contributed by atoms with Crippen LogP contribution in [-0.2, 0) is 9.59 Å². The van der Waals surface area contributed by atoms with Gasteiger partial charge in [-0.2, -0.15) is 0 Å². The molecule has 0 bridgehead atoms. The van der Waals surface area contributed by atoms with Crippen LogP contribution in [0.2, 0.25) is 5.02 Å². The van der Waals surface area contributed by atoms with Crippen LogP contribution in [0.4, 0.5) is 11.4 Å². The first-order valence-corrected chi connectivity index (χ1v) is 12.6. The fourth-order valence-corrected chi connectivity index (χ4v) is 4.96. The predicted octanol–water partition coefficient (Wildman–Crippen LogP) is 6.16. The third kappa shape index (κ3) is 6.01. The molecule has 4 rings (SSSR count). The molecule has 180 valence electrons. The summed E-state index contributed by atoms with van der Waals surface area (Å²) in [4.78, 5) is 26.0. The molecule has 0 fully saturated rings. The number of benzene rings is 3. The van der Waals surface area contributed by atoms with Crippen LogP contribution >= 0.6 is 23.4 Å². The number of rotatable bonds is 7.